The lowest BCUT2D eigenvalue weighted by Crippen LogP contribution is -2.20. The molecule has 0 heterocycles. The van der Waals surface area contributed by atoms with Crippen LogP contribution in [0.4, 0.5) is 16.2 Å². The molecule has 0 saturated heterocycles. The molecule has 174 valence electrons. The highest BCUT2D eigenvalue weighted by molar-refractivity contribution is 6.00. The van der Waals surface area contributed by atoms with E-state index in [1.807, 2.05) is 37.3 Å². The zero-order chi connectivity index (χ0) is 23.3. The smallest absolute Gasteiger partial charge is 0.323 e. The molecule has 2 aromatic carbocycles. The number of amides is 2. The number of anilines is 2. The molecule has 2 N–H and O–H groups in total. The largest absolute Gasteiger partial charge is 0.495 e. The summed E-state index contributed by atoms with van der Waals surface area (Å²) in [6.45, 7) is 6.05. The highest BCUT2D eigenvalue weighted by Crippen LogP contribution is 2.33. The van der Waals surface area contributed by atoms with Crippen LogP contribution in [0, 0.1) is 6.92 Å². The fraction of sp³-hybridized carbons (Fsp3) is 0.462. The summed E-state index contributed by atoms with van der Waals surface area (Å²) in [4.78, 5) is 22.5. The van der Waals surface area contributed by atoms with Gasteiger partial charge in [-0.15, -0.1) is 0 Å². The first-order valence-electron chi connectivity index (χ1n) is 11.4. The summed E-state index contributed by atoms with van der Waals surface area (Å²) in [5.41, 5.74) is 3.90. The van der Waals surface area contributed by atoms with Gasteiger partial charge in [0.2, 0.25) is 0 Å². The summed E-state index contributed by atoms with van der Waals surface area (Å²) in [6.07, 6.45) is 7.05. The van der Waals surface area contributed by atoms with Gasteiger partial charge in [0.15, 0.2) is 0 Å². The molecule has 0 spiro atoms. The Morgan fingerprint density at radius 1 is 0.969 bits per heavy atom. The van der Waals surface area contributed by atoms with Crippen molar-refractivity contribution in [1.82, 2.24) is 0 Å². The number of ether oxygens (including phenoxy) is 2. The summed E-state index contributed by atoms with van der Waals surface area (Å²) < 4.78 is 9.84. The Morgan fingerprint density at radius 2 is 1.66 bits per heavy atom. The third-order valence-corrected chi connectivity index (χ3v) is 5.44. The van der Waals surface area contributed by atoms with Crippen molar-refractivity contribution in [3.63, 3.8) is 0 Å². The monoisotopic (exact) mass is 440 g/mol. The summed E-state index contributed by atoms with van der Waals surface area (Å²) in [6, 6.07) is 13.7. The van der Waals surface area contributed by atoms with Crippen molar-refractivity contribution in [3.8, 4) is 5.75 Å². The first-order chi connectivity index (χ1) is 15.5. The van der Waals surface area contributed by atoms with E-state index in [4.69, 9.17) is 4.74 Å². The molecule has 1 aliphatic rings. The van der Waals surface area contributed by atoms with Gasteiger partial charge in [-0.3, -0.25) is 4.79 Å². The number of esters is 1. The Hall–Kier alpha value is -3.02. The Balaban J connectivity index is 0.000000451. The lowest BCUT2D eigenvalue weighted by Gasteiger charge is -2.22. The number of nitrogens with one attached hydrogen (secondary N) is 2. The predicted molar refractivity (Wildman–Crippen MR) is 130 cm³/mol. The van der Waals surface area contributed by atoms with Crippen molar-refractivity contribution in [2.45, 2.75) is 65.2 Å². The topological polar surface area (TPSA) is 76.7 Å². The molecule has 0 unspecified atom stereocenters. The predicted octanol–water partition coefficient (Wildman–Crippen LogP) is 6.65. The van der Waals surface area contributed by atoms with E-state index in [0.29, 0.717) is 30.4 Å². The number of benzene rings is 2. The van der Waals surface area contributed by atoms with E-state index in [2.05, 4.69) is 27.5 Å². The van der Waals surface area contributed by atoms with Gasteiger partial charge in [-0.05, 0) is 68.0 Å². The van der Waals surface area contributed by atoms with E-state index in [0.717, 1.165) is 11.3 Å². The third kappa shape index (κ3) is 8.25. The Kier molecular flexibility index (Phi) is 10.6. The Morgan fingerprint density at radius 3 is 2.22 bits per heavy atom. The van der Waals surface area contributed by atoms with E-state index in [1.54, 1.807) is 21.0 Å². The lowest BCUT2D eigenvalue weighted by molar-refractivity contribution is -0.142. The minimum Gasteiger partial charge on any atom is -0.495 e. The van der Waals surface area contributed by atoms with Crippen molar-refractivity contribution in [3.05, 3.63) is 53.6 Å². The Labute approximate surface area is 191 Å². The van der Waals surface area contributed by atoms with Crippen LogP contribution in [0.5, 0.6) is 5.75 Å². The van der Waals surface area contributed by atoms with Crippen molar-refractivity contribution < 1.29 is 19.1 Å². The maximum atomic E-state index is 12.3. The molecule has 32 heavy (non-hydrogen) atoms. The normalized spacial score (nSPS) is 13.4. The van der Waals surface area contributed by atoms with Gasteiger partial charge in [-0.1, -0.05) is 44.4 Å². The number of hydrogen-bond acceptors (Lipinski definition) is 4. The fourth-order valence-corrected chi connectivity index (χ4v) is 3.74. The minimum absolute atomic E-state index is 0.123. The average Bonchev–Trinajstić information content (AvgIpc) is 2.81. The number of methoxy groups -OCH3 is 1. The molecule has 1 aliphatic carbocycles. The van der Waals surface area contributed by atoms with Gasteiger partial charge in [0, 0.05) is 12.1 Å². The van der Waals surface area contributed by atoms with Gasteiger partial charge in [0.05, 0.1) is 19.4 Å². The fourth-order valence-electron chi connectivity index (χ4n) is 3.74. The van der Waals surface area contributed by atoms with E-state index in [-0.39, 0.29) is 12.0 Å². The molecule has 0 bridgehead atoms. The molecule has 6 nitrogen and oxygen atoms in total. The first-order valence-corrected chi connectivity index (χ1v) is 11.4. The quantitative estimate of drug-likeness (QED) is 0.493. The van der Waals surface area contributed by atoms with Crippen LogP contribution in [0.3, 0.4) is 0 Å². The van der Waals surface area contributed by atoms with Gasteiger partial charge < -0.3 is 20.1 Å². The standard InChI is InChI=1S/C21H26N2O2.C5H10O2/c1-15-8-13-20(25-2)19(14-15)23-21(24)22-18-11-9-17(10-12-18)16-6-4-3-5-7-16;1-3-5(6)7-4-2/h8-14,16H,3-7H2,1-2H3,(H2,22,23,24);3-4H2,1-2H3. The number of carbonyl (C=O) groups is 2. The molecule has 6 heteroatoms. The van der Waals surface area contributed by atoms with Crippen LogP contribution in [0.1, 0.15) is 69.4 Å². The van der Waals surface area contributed by atoms with Gasteiger partial charge >= 0.3 is 12.0 Å². The van der Waals surface area contributed by atoms with Crippen LogP contribution in [0.15, 0.2) is 42.5 Å². The average molecular weight is 441 g/mol. The zero-order valence-electron chi connectivity index (χ0n) is 19.7. The summed E-state index contributed by atoms with van der Waals surface area (Å²) in [5, 5.41) is 5.74. The number of urea groups is 1. The van der Waals surface area contributed by atoms with Crippen LogP contribution in [-0.2, 0) is 9.53 Å². The summed E-state index contributed by atoms with van der Waals surface area (Å²) in [5.74, 6) is 1.20. The molecule has 0 aromatic heterocycles. The maximum absolute atomic E-state index is 12.3. The van der Waals surface area contributed by atoms with Crippen LogP contribution in [0.2, 0.25) is 0 Å². The van der Waals surface area contributed by atoms with Gasteiger partial charge in [0.25, 0.3) is 0 Å². The van der Waals surface area contributed by atoms with Gasteiger partial charge in [-0.2, -0.15) is 0 Å². The molecule has 0 aliphatic heterocycles. The van der Waals surface area contributed by atoms with Crippen molar-refractivity contribution >= 4 is 23.4 Å². The lowest BCUT2D eigenvalue weighted by atomic mass is 9.84. The minimum atomic E-state index is -0.269. The molecule has 2 amide bonds. The summed E-state index contributed by atoms with van der Waals surface area (Å²) >= 11 is 0. The van der Waals surface area contributed by atoms with Gasteiger partial charge in [-0.25, -0.2) is 4.79 Å². The van der Waals surface area contributed by atoms with Gasteiger partial charge in [0.1, 0.15) is 5.75 Å². The van der Waals surface area contributed by atoms with E-state index >= 15 is 0 Å². The zero-order valence-corrected chi connectivity index (χ0v) is 19.7. The second-order valence-corrected chi connectivity index (χ2v) is 7.90. The molecule has 0 radical (unpaired) electrons. The van der Waals surface area contributed by atoms with Crippen molar-refractivity contribution in [2.75, 3.05) is 24.4 Å². The highest BCUT2D eigenvalue weighted by atomic mass is 16.5. The van der Waals surface area contributed by atoms with E-state index in [1.165, 1.54) is 37.7 Å². The number of carbonyl (C=O) groups excluding carboxylic acids is 2. The number of aryl methyl sites for hydroxylation is 1. The van der Waals surface area contributed by atoms with E-state index < -0.39 is 0 Å². The van der Waals surface area contributed by atoms with Crippen LogP contribution >= 0.6 is 0 Å². The van der Waals surface area contributed by atoms with Crippen molar-refractivity contribution in [1.29, 1.82) is 0 Å². The first kappa shape index (κ1) is 25.2. The second kappa shape index (κ2) is 13.4. The highest BCUT2D eigenvalue weighted by Gasteiger charge is 2.15. The van der Waals surface area contributed by atoms with Crippen LogP contribution < -0.4 is 15.4 Å². The van der Waals surface area contributed by atoms with Crippen LogP contribution in [-0.4, -0.2) is 25.7 Å². The van der Waals surface area contributed by atoms with Crippen molar-refractivity contribution in [2.24, 2.45) is 0 Å². The molecule has 0 atom stereocenters. The van der Waals surface area contributed by atoms with E-state index in [9.17, 15) is 9.59 Å². The maximum Gasteiger partial charge on any atom is 0.323 e. The van der Waals surface area contributed by atoms with Crippen LogP contribution in [0.25, 0.3) is 0 Å². The molecule has 1 fully saturated rings. The SMILES string of the molecule is CCOC(=O)CC.COc1ccc(C)cc1NC(=O)Nc1ccc(C2CCCCC2)cc1. The molecular weight excluding hydrogens is 404 g/mol. The number of rotatable bonds is 6. The molecule has 3 rings (SSSR count). The second-order valence-electron chi connectivity index (χ2n) is 7.90. The Bertz CT molecular complexity index is 859. The number of hydrogen-bond donors (Lipinski definition) is 2. The third-order valence-electron chi connectivity index (χ3n) is 5.44. The molecule has 2 aromatic rings. The molecular formula is C26H36N2O4. The summed E-state index contributed by atoms with van der Waals surface area (Å²) in [7, 11) is 1.59. The molecule has 1 saturated carbocycles.